The number of anilines is 1. The number of methoxy groups -OCH3 is 2. The molecule has 2 rings (SSSR count). The number of alkyl halides is 3. The molecule has 1 aliphatic rings. The molecule has 0 radical (unpaired) electrons. The maximum absolute atomic E-state index is 13.0. The van der Waals surface area contributed by atoms with Gasteiger partial charge >= 0.3 is 6.18 Å². The number of nitrogens with zero attached hydrogens (tertiary/aromatic N) is 1. The van der Waals surface area contributed by atoms with Crippen molar-refractivity contribution in [1.82, 2.24) is 0 Å². The van der Waals surface area contributed by atoms with E-state index in [1.165, 1.54) is 14.2 Å². The van der Waals surface area contributed by atoms with Crippen LogP contribution in [-0.4, -0.2) is 44.2 Å². The highest BCUT2D eigenvalue weighted by Gasteiger charge is 2.56. The van der Waals surface area contributed by atoms with Crippen LogP contribution in [0.15, 0.2) is 18.2 Å². The van der Waals surface area contributed by atoms with Crippen LogP contribution in [0.2, 0.25) is 0 Å². The first-order valence-electron chi connectivity index (χ1n) is 6.96. The zero-order valence-electron chi connectivity index (χ0n) is 12.8. The van der Waals surface area contributed by atoms with E-state index < -0.39 is 17.7 Å². The summed E-state index contributed by atoms with van der Waals surface area (Å²) in [7, 11) is 3.03. The molecular formula is C15H20F3NO3. The van der Waals surface area contributed by atoms with E-state index in [2.05, 4.69) is 0 Å². The van der Waals surface area contributed by atoms with E-state index in [0.29, 0.717) is 23.7 Å². The maximum atomic E-state index is 13.0. The van der Waals surface area contributed by atoms with Crippen LogP contribution in [0, 0.1) is 5.92 Å². The summed E-state index contributed by atoms with van der Waals surface area (Å²) in [5, 5.41) is 9.84. The Balaban J connectivity index is 2.24. The lowest BCUT2D eigenvalue weighted by Crippen LogP contribution is -2.49. The van der Waals surface area contributed by atoms with Crippen molar-refractivity contribution in [3.8, 4) is 11.5 Å². The molecule has 0 bridgehead atoms. The van der Waals surface area contributed by atoms with Gasteiger partial charge in [0.05, 0.1) is 19.9 Å². The number of rotatable bonds is 4. The normalized spacial score (nSPS) is 21.6. The van der Waals surface area contributed by atoms with E-state index in [1.807, 2.05) is 0 Å². The first-order chi connectivity index (χ1) is 10.2. The number of hydrogen-bond acceptors (Lipinski definition) is 4. The van der Waals surface area contributed by atoms with Crippen LogP contribution in [0.4, 0.5) is 18.9 Å². The van der Waals surface area contributed by atoms with Gasteiger partial charge in [0, 0.05) is 25.1 Å². The average molecular weight is 319 g/mol. The van der Waals surface area contributed by atoms with Crippen molar-refractivity contribution in [2.24, 2.45) is 5.92 Å². The monoisotopic (exact) mass is 319 g/mol. The fourth-order valence-corrected chi connectivity index (χ4v) is 2.71. The van der Waals surface area contributed by atoms with Gasteiger partial charge in [-0.15, -0.1) is 0 Å². The minimum atomic E-state index is -4.65. The molecule has 0 amide bonds. The number of ether oxygens (including phenoxy) is 2. The third kappa shape index (κ3) is 2.95. The van der Waals surface area contributed by atoms with Crippen molar-refractivity contribution in [3.63, 3.8) is 0 Å². The molecule has 1 aliphatic heterocycles. The molecule has 0 saturated carbocycles. The lowest BCUT2D eigenvalue weighted by atomic mass is 9.88. The molecule has 22 heavy (non-hydrogen) atoms. The number of aliphatic hydroxyl groups is 1. The van der Waals surface area contributed by atoms with Gasteiger partial charge in [-0.3, -0.25) is 0 Å². The summed E-state index contributed by atoms with van der Waals surface area (Å²) in [6, 6.07) is 5.16. The minimum absolute atomic E-state index is 0.107. The second-order valence-electron chi connectivity index (χ2n) is 5.61. The van der Waals surface area contributed by atoms with Gasteiger partial charge in [0.25, 0.3) is 0 Å². The Bertz CT molecular complexity index is 531. The topological polar surface area (TPSA) is 41.9 Å². The Labute approximate surface area is 127 Å². The van der Waals surface area contributed by atoms with Crippen LogP contribution in [0.3, 0.4) is 0 Å². The van der Waals surface area contributed by atoms with Gasteiger partial charge < -0.3 is 19.5 Å². The van der Waals surface area contributed by atoms with Crippen molar-refractivity contribution in [1.29, 1.82) is 0 Å². The number of halogens is 3. The molecule has 1 aromatic carbocycles. The highest BCUT2D eigenvalue weighted by atomic mass is 19.4. The average Bonchev–Trinajstić information content (AvgIpc) is 2.95. The maximum Gasteiger partial charge on any atom is 0.417 e. The van der Waals surface area contributed by atoms with Gasteiger partial charge in [-0.25, -0.2) is 0 Å². The lowest BCUT2D eigenvalue weighted by molar-refractivity contribution is -0.269. The van der Waals surface area contributed by atoms with Crippen molar-refractivity contribution >= 4 is 5.69 Å². The zero-order chi connectivity index (χ0) is 16.5. The van der Waals surface area contributed by atoms with Crippen molar-refractivity contribution in [2.45, 2.75) is 25.1 Å². The van der Waals surface area contributed by atoms with E-state index in [9.17, 15) is 18.3 Å². The van der Waals surface area contributed by atoms with E-state index in [1.54, 1.807) is 23.1 Å². The third-order valence-corrected chi connectivity index (χ3v) is 4.28. The first kappa shape index (κ1) is 16.7. The molecule has 0 aliphatic carbocycles. The van der Waals surface area contributed by atoms with Gasteiger partial charge in [-0.05, 0) is 25.5 Å². The van der Waals surface area contributed by atoms with Crippen LogP contribution < -0.4 is 14.4 Å². The number of hydrogen-bond donors (Lipinski definition) is 1. The summed E-state index contributed by atoms with van der Waals surface area (Å²) in [6.07, 6.45) is -4.39. The van der Waals surface area contributed by atoms with Crippen molar-refractivity contribution in [2.75, 3.05) is 32.2 Å². The van der Waals surface area contributed by atoms with Crippen LogP contribution in [0.1, 0.15) is 13.3 Å². The van der Waals surface area contributed by atoms with Gasteiger partial charge in [0.15, 0.2) is 5.60 Å². The quantitative estimate of drug-likeness (QED) is 0.927. The van der Waals surface area contributed by atoms with Crippen LogP contribution in [0.25, 0.3) is 0 Å². The van der Waals surface area contributed by atoms with Crippen LogP contribution >= 0.6 is 0 Å². The third-order valence-electron chi connectivity index (χ3n) is 4.28. The molecule has 2 unspecified atom stereocenters. The summed E-state index contributed by atoms with van der Waals surface area (Å²) in [5.41, 5.74) is -2.03. The van der Waals surface area contributed by atoms with E-state index in [0.717, 1.165) is 6.92 Å². The van der Waals surface area contributed by atoms with Gasteiger partial charge in [-0.1, -0.05) is 0 Å². The molecular weight excluding hydrogens is 299 g/mol. The SMILES string of the molecule is COc1ccc(OC)c(N2CCC(C(C)(O)C(F)(F)F)C2)c1. The summed E-state index contributed by atoms with van der Waals surface area (Å²) in [4.78, 5) is 1.78. The first-order valence-corrected chi connectivity index (χ1v) is 6.96. The van der Waals surface area contributed by atoms with Gasteiger partial charge in [0.2, 0.25) is 0 Å². The van der Waals surface area contributed by atoms with Crippen molar-refractivity contribution in [3.05, 3.63) is 18.2 Å². The molecule has 1 fully saturated rings. The Morgan fingerprint density at radius 1 is 1.23 bits per heavy atom. The fourth-order valence-electron chi connectivity index (χ4n) is 2.71. The fraction of sp³-hybridized carbons (Fsp3) is 0.600. The van der Waals surface area contributed by atoms with E-state index >= 15 is 0 Å². The molecule has 4 nitrogen and oxygen atoms in total. The Morgan fingerprint density at radius 2 is 1.91 bits per heavy atom. The Kier molecular flexibility index (Phi) is 4.47. The summed E-state index contributed by atoms with van der Waals surface area (Å²) in [6.45, 7) is 1.36. The lowest BCUT2D eigenvalue weighted by Gasteiger charge is -2.32. The molecule has 7 heteroatoms. The Morgan fingerprint density at radius 3 is 2.45 bits per heavy atom. The molecule has 1 aromatic rings. The molecule has 2 atom stereocenters. The highest BCUT2D eigenvalue weighted by Crippen LogP contribution is 2.43. The smallest absolute Gasteiger partial charge is 0.417 e. The predicted molar refractivity (Wildman–Crippen MR) is 76.5 cm³/mol. The van der Waals surface area contributed by atoms with Crippen LogP contribution in [0.5, 0.6) is 11.5 Å². The molecule has 1 heterocycles. The summed E-state index contributed by atoms with van der Waals surface area (Å²) < 4.78 is 49.3. The van der Waals surface area contributed by atoms with Crippen LogP contribution in [-0.2, 0) is 0 Å². The second-order valence-corrected chi connectivity index (χ2v) is 5.61. The van der Waals surface area contributed by atoms with E-state index in [-0.39, 0.29) is 13.0 Å². The molecule has 0 spiro atoms. The molecule has 1 saturated heterocycles. The largest absolute Gasteiger partial charge is 0.497 e. The zero-order valence-corrected chi connectivity index (χ0v) is 12.8. The summed E-state index contributed by atoms with van der Waals surface area (Å²) in [5.74, 6) is 0.276. The molecule has 124 valence electrons. The minimum Gasteiger partial charge on any atom is -0.497 e. The molecule has 0 aromatic heterocycles. The molecule has 1 N–H and O–H groups in total. The Hall–Kier alpha value is -1.63. The van der Waals surface area contributed by atoms with Gasteiger partial charge in [-0.2, -0.15) is 13.2 Å². The number of benzene rings is 1. The second kappa shape index (κ2) is 5.87. The van der Waals surface area contributed by atoms with Gasteiger partial charge in [0.1, 0.15) is 11.5 Å². The predicted octanol–water partition coefficient (Wildman–Crippen LogP) is 2.84. The standard InChI is InChI=1S/C15H20F3NO3/c1-14(20,15(16,17)18)10-6-7-19(9-10)12-8-11(21-2)4-5-13(12)22-3/h4-5,8,10,20H,6-7,9H2,1-3H3. The van der Waals surface area contributed by atoms with E-state index in [4.69, 9.17) is 9.47 Å². The highest BCUT2D eigenvalue weighted by molar-refractivity contribution is 5.62. The summed E-state index contributed by atoms with van der Waals surface area (Å²) >= 11 is 0. The van der Waals surface area contributed by atoms with Crippen molar-refractivity contribution < 1.29 is 27.8 Å².